The van der Waals surface area contributed by atoms with E-state index < -0.39 is 0 Å². The third kappa shape index (κ3) is 3.94. The highest BCUT2D eigenvalue weighted by Crippen LogP contribution is 2.32. The van der Waals surface area contributed by atoms with E-state index in [0.717, 1.165) is 21.9 Å². The predicted octanol–water partition coefficient (Wildman–Crippen LogP) is 2.88. The number of carbonyl (C=O) groups is 2. The van der Waals surface area contributed by atoms with Crippen LogP contribution >= 0.6 is 11.3 Å². The van der Waals surface area contributed by atoms with Crippen LogP contribution in [-0.2, 0) is 16.1 Å². The average molecular weight is 344 g/mol. The highest BCUT2D eigenvalue weighted by molar-refractivity contribution is 7.09. The van der Waals surface area contributed by atoms with E-state index in [1.807, 2.05) is 42.6 Å². The molecule has 2 heterocycles. The number of rotatable bonds is 6. The van der Waals surface area contributed by atoms with Gasteiger partial charge >= 0.3 is 0 Å². The summed E-state index contributed by atoms with van der Waals surface area (Å²) in [4.78, 5) is 26.9. The van der Waals surface area contributed by atoms with E-state index in [1.54, 1.807) is 16.2 Å². The van der Waals surface area contributed by atoms with Gasteiger partial charge in [0.1, 0.15) is 5.75 Å². The minimum Gasteiger partial charge on any atom is -0.482 e. The fraction of sp³-hybridized carbons (Fsp3) is 0.333. The summed E-state index contributed by atoms with van der Waals surface area (Å²) < 4.78 is 5.46. The van der Waals surface area contributed by atoms with Gasteiger partial charge in [-0.1, -0.05) is 12.1 Å². The number of thiophene rings is 1. The lowest BCUT2D eigenvalue weighted by Gasteiger charge is -2.29. The number of ether oxygens (including phenoxy) is 1. The predicted molar refractivity (Wildman–Crippen MR) is 94.4 cm³/mol. The van der Waals surface area contributed by atoms with Gasteiger partial charge in [0.15, 0.2) is 6.61 Å². The minimum atomic E-state index is -0.0629. The maximum Gasteiger partial charge on any atom is 0.265 e. The maximum atomic E-state index is 12.1. The van der Waals surface area contributed by atoms with Crippen molar-refractivity contribution in [3.05, 3.63) is 46.2 Å². The van der Waals surface area contributed by atoms with Crippen LogP contribution in [0.1, 0.15) is 23.3 Å². The third-order valence-corrected chi connectivity index (χ3v) is 4.76. The summed E-state index contributed by atoms with van der Waals surface area (Å²) in [6, 6.07) is 9.76. The van der Waals surface area contributed by atoms with E-state index in [9.17, 15) is 9.59 Å². The van der Waals surface area contributed by atoms with Crippen molar-refractivity contribution in [3.8, 4) is 5.75 Å². The number of benzene rings is 1. The van der Waals surface area contributed by atoms with Crippen molar-refractivity contribution in [1.82, 2.24) is 5.32 Å². The Kier molecular flexibility index (Phi) is 5.15. The van der Waals surface area contributed by atoms with Crippen LogP contribution in [-0.4, -0.2) is 25.0 Å². The fourth-order valence-electron chi connectivity index (χ4n) is 2.64. The molecular formula is C18H20N2O3S. The molecule has 5 nitrogen and oxygen atoms in total. The van der Waals surface area contributed by atoms with Crippen molar-refractivity contribution in [3.63, 3.8) is 0 Å². The van der Waals surface area contributed by atoms with E-state index in [2.05, 4.69) is 5.32 Å². The number of anilines is 1. The van der Waals surface area contributed by atoms with Gasteiger partial charge in [-0.15, -0.1) is 11.3 Å². The van der Waals surface area contributed by atoms with E-state index in [4.69, 9.17) is 4.74 Å². The summed E-state index contributed by atoms with van der Waals surface area (Å²) in [5, 5.41) is 4.90. The second-order valence-corrected chi connectivity index (χ2v) is 6.80. The quantitative estimate of drug-likeness (QED) is 0.877. The maximum absolute atomic E-state index is 12.1. The smallest absolute Gasteiger partial charge is 0.265 e. The Morgan fingerprint density at radius 2 is 2.25 bits per heavy atom. The standard InChI is InChI=1S/C18H20N2O3S/c1-13-6-7-16-15(10-13)20(18(22)12-23-16)8-2-5-17(21)19-11-14-4-3-9-24-14/h3-4,6-7,9-10H,2,5,8,11-12H2,1H3,(H,19,21). The number of hydrogen-bond donors (Lipinski definition) is 1. The summed E-state index contributed by atoms with van der Waals surface area (Å²) in [5.41, 5.74) is 1.87. The molecule has 0 radical (unpaired) electrons. The molecule has 1 N–H and O–H groups in total. The molecule has 0 saturated carbocycles. The summed E-state index contributed by atoms with van der Waals surface area (Å²) in [6.45, 7) is 3.12. The molecule has 24 heavy (non-hydrogen) atoms. The van der Waals surface area contributed by atoms with E-state index >= 15 is 0 Å². The molecule has 0 atom stereocenters. The highest BCUT2D eigenvalue weighted by atomic mass is 32.1. The van der Waals surface area contributed by atoms with Crippen molar-refractivity contribution < 1.29 is 14.3 Å². The van der Waals surface area contributed by atoms with Crippen LogP contribution in [0.3, 0.4) is 0 Å². The second-order valence-electron chi connectivity index (χ2n) is 5.76. The summed E-state index contributed by atoms with van der Waals surface area (Å²) in [5.74, 6) is 0.669. The number of carbonyl (C=O) groups excluding carboxylic acids is 2. The number of amides is 2. The summed E-state index contributed by atoms with van der Waals surface area (Å²) >= 11 is 1.62. The molecule has 0 aliphatic carbocycles. The van der Waals surface area contributed by atoms with Crippen LogP contribution in [0.2, 0.25) is 0 Å². The summed E-state index contributed by atoms with van der Waals surface area (Å²) in [7, 11) is 0. The number of hydrogen-bond acceptors (Lipinski definition) is 4. The molecule has 0 unspecified atom stereocenters. The molecule has 2 aromatic rings. The van der Waals surface area contributed by atoms with Gasteiger partial charge in [0.05, 0.1) is 12.2 Å². The monoisotopic (exact) mass is 344 g/mol. The lowest BCUT2D eigenvalue weighted by atomic mass is 10.1. The molecule has 0 bridgehead atoms. The molecule has 2 amide bonds. The molecule has 126 valence electrons. The van der Waals surface area contributed by atoms with Gasteiger partial charge < -0.3 is 15.0 Å². The van der Waals surface area contributed by atoms with Gasteiger partial charge in [-0.05, 0) is 42.5 Å². The molecule has 1 aromatic heterocycles. The molecule has 0 saturated heterocycles. The Hall–Kier alpha value is -2.34. The Balaban J connectivity index is 1.52. The first-order valence-electron chi connectivity index (χ1n) is 7.96. The molecular weight excluding hydrogens is 324 g/mol. The third-order valence-electron chi connectivity index (χ3n) is 3.88. The fourth-order valence-corrected chi connectivity index (χ4v) is 3.29. The van der Waals surface area contributed by atoms with Crippen LogP contribution < -0.4 is 15.0 Å². The normalized spacial score (nSPS) is 13.4. The molecule has 1 aliphatic heterocycles. The van der Waals surface area contributed by atoms with Crippen LogP contribution in [0.25, 0.3) is 0 Å². The highest BCUT2D eigenvalue weighted by Gasteiger charge is 2.25. The molecule has 0 spiro atoms. The average Bonchev–Trinajstić information content (AvgIpc) is 3.08. The van der Waals surface area contributed by atoms with Crippen molar-refractivity contribution in [2.75, 3.05) is 18.1 Å². The first kappa shape index (κ1) is 16.5. The van der Waals surface area contributed by atoms with Crippen LogP contribution in [0.5, 0.6) is 5.75 Å². The Bertz CT molecular complexity index is 728. The van der Waals surface area contributed by atoms with Crippen molar-refractivity contribution in [2.45, 2.75) is 26.3 Å². The molecule has 3 rings (SSSR count). The number of fused-ring (bicyclic) bond motifs is 1. The van der Waals surface area contributed by atoms with Gasteiger partial charge in [0.25, 0.3) is 5.91 Å². The van der Waals surface area contributed by atoms with Crippen molar-refractivity contribution in [2.24, 2.45) is 0 Å². The molecule has 1 aromatic carbocycles. The first-order chi connectivity index (χ1) is 11.6. The van der Waals surface area contributed by atoms with Crippen LogP contribution in [0.4, 0.5) is 5.69 Å². The lowest BCUT2D eigenvalue weighted by molar-refractivity contribution is -0.122. The largest absolute Gasteiger partial charge is 0.482 e. The van der Waals surface area contributed by atoms with E-state index in [1.165, 1.54) is 0 Å². The van der Waals surface area contributed by atoms with Crippen molar-refractivity contribution >= 4 is 28.8 Å². The lowest BCUT2D eigenvalue weighted by Crippen LogP contribution is -2.39. The SMILES string of the molecule is Cc1ccc2c(c1)N(CCCC(=O)NCc1cccs1)C(=O)CO2. The van der Waals surface area contributed by atoms with Crippen LogP contribution in [0.15, 0.2) is 35.7 Å². The van der Waals surface area contributed by atoms with Gasteiger partial charge in [0, 0.05) is 17.8 Å². The zero-order valence-electron chi connectivity index (χ0n) is 13.6. The minimum absolute atomic E-state index is 0.00794. The number of nitrogens with one attached hydrogen (secondary N) is 1. The zero-order chi connectivity index (χ0) is 16.9. The topological polar surface area (TPSA) is 58.6 Å². The van der Waals surface area contributed by atoms with Gasteiger partial charge in [0.2, 0.25) is 5.91 Å². The van der Waals surface area contributed by atoms with Gasteiger partial charge in [-0.2, -0.15) is 0 Å². The molecule has 1 aliphatic rings. The Morgan fingerprint density at radius 3 is 3.04 bits per heavy atom. The van der Waals surface area contributed by atoms with Crippen LogP contribution in [0, 0.1) is 6.92 Å². The molecule has 0 fully saturated rings. The summed E-state index contributed by atoms with van der Waals surface area (Å²) in [6.07, 6.45) is 1.02. The second kappa shape index (κ2) is 7.49. The van der Waals surface area contributed by atoms with E-state index in [-0.39, 0.29) is 18.4 Å². The first-order valence-corrected chi connectivity index (χ1v) is 8.84. The Labute approximate surface area is 145 Å². The van der Waals surface area contributed by atoms with E-state index in [0.29, 0.717) is 25.9 Å². The zero-order valence-corrected chi connectivity index (χ0v) is 14.4. The van der Waals surface area contributed by atoms with Gasteiger partial charge in [-0.25, -0.2) is 0 Å². The van der Waals surface area contributed by atoms with Crippen molar-refractivity contribution in [1.29, 1.82) is 0 Å². The Morgan fingerprint density at radius 1 is 1.38 bits per heavy atom. The number of aryl methyl sites for hydroxylation is 1. The number of nitrogens with zero attached hydrogens (tertiary/aromatic N) is 1. The van der Waals surface area contributed by atoms with Gasteiger partial charge in [-0.3, -0.25) is 9.59 Å². The molecule has 6 heteroatoms.